The van der Waals surface area contributed by atoms with E-state index in [2.05, 4.69) is 20.9 Å². The zero-order valence-electron chi connectivity index (χ0n) is 8.79. The van der Waals surface area contributed by atoms with Gasteiger partial charge in [0.1, 0.15) is 5.25 Å². The van der Waals surface area contributed by atoms with Crippen LogP contribution < -0.4 is 0 Å². The van der Waals surface area contributed by atoms with Gasteiger partial charge in [-0.25, -0.2) is 4.98 Å². The molecule has 1 N–H and O–H groups in total. The highest BCUT2D eigenvalue weighted by Crippen LogP contribution is 2.33. The largest absolute Gasteiger partial charge is 0.480 e. The molecule has 0 aliphatic carbocycles. The third-order valence-corrected chi connectivity index (χ3v) is 3.69. The second-order valence-electron chi connectivity index (χ2n) is 3.09. The summed E-state index contributed by atoms with van der Waals surface area (Å²) >= 11 is 3.97. The smallest absolute Gasteiger partial charge is 0.317 e. The minimum Gasteiger partial charge on any atom is -0.480 e. The molecule has 0 amide bonds. The van der Waals surface area contributed by atoms with Crippen LogP contribution in [-0.4, -0.2) is 26.2 Å². The molecule has 1 atom stereocenters. The van der Waals surface area contributed by atoms with Gasteiger partial charge >= 0.3 is 11.7 Å². The van der Waals surface area contributed by atoms with Gasteiger partial charge in [0.25, 0.3) is 0 Å². The van der Waals surface area contributed by atoms with Gasteiger partial charge in [-0.1, -0.05) is 18.7 Å². The Morgan fingerprint density at radius 3 is 2.88 bits per heavy atom. The normalized spacial score (nSPS) is 12.1. The van der Waals surface area contributed by atoms with Gasteiger partial charge in [-0.15, -0.1) is 0 Å². The van der Waals surface area contributed by atoms with Crippen molar-refractivity contribution in [3.63, 3.8) is 0 Å². The van der Waals surface area contributed by atoms with Gasteiger partial charge < -0.3 is 5.11 Å². The van der Waals surface area contributed by atoms with Gasteiger partial charge in [-0.05, 0) is 22.4 Å². The van der Waals surface area contributed by atoms with E-state index in [1.165, 1.54) is 12.3 Å². The third kappa shape index (κ3) is 3.67. The second kappa shape index (κ2) is 5.97. The van der Waals surface area contributed by atoms with Crippen molar-refractivity contribution >= 4 is 39.3 Å². The summed E-state index contributed by atoms with van der Waals surface area (Å²) in [5, 5.41) is 19.1. The highest BCUT2D eigenvalue weighted by molar-refractivity contribution is 9.10. The number of carboxylic acids is 1. The fraction of sp³-hybridized carbons (Fsp3) is 0.333. The molecule has 0 aliphatic heterocycles. The molecule has 1 rings (SSSR count). The summed E-state index contributed by atoms with van der Waals surface area (Å²) in [4.78, 5) is 25.0. The summed E-state index contributed by atoms with van der Waals surface area (Å²) in [6, 6.07) is 1.31. The van der Waals surface area contributed by atoms with Gasteiger partial charge in [-0.3, -0.25) is 14.9 Å². The van der Waals surface area contributed by atoms with Gasteiger partial charge in [0.2, 0.25) is 0 Å². The molecule has 8 heteroatoms. The Labute approximate surface area is 110 Å². The lowest BCUT2D eigenvalue weighted by molar-refractivity contribution is -0.388. The second-order valence-corrected chi connectivity index (χ2v) is 5.20. The van der Waals surface area contributed by atoms with Crippen molar-refractivity contribution in [1.82, 2.24) is 4.98 Å². The van der Waals surface area contributed by atoms with Crippen molar-refractivity contribution in [3.8, 4) is 0 Å². The van der Waals surface area contributed by atoms with Crippen molar-refractivity contribution < 1.29 is 14.8 Å². The van der Waals surface area contributed by atoms with E-state index in [9.17, 15) is 14.9 Å². The fourth-order valence-corrected chi connectivity index (χ4v) is 2.30. The lowest BCUT2D eigenvalue weighted by Crippen LogP contribution is -2.15. The summed E-state index contributed by atoms with van der Waals surface area (Å²) in [5.41, 5.74) is -0.191. The van der Waals surface area contributed by atoms with Crippen LogP contribution >= 0.6 is 27.7 Å². The van der Waals surface area contributed by atoms with Crippen LogP contribution in [0, 0.1) is 10.1 Å². The molecular formula is C9H9BrN2O4S. The van der Waals surface area contributed by atoms with Gasteiger partial charge in [-0.2, -0.15) is 0 Å². The Balaban J connectivity index is 3.05. The Bertz CT molecular complexity index is 455. The van der Waals surface area contributed by atoms with Crippen LogP contribution in [0.5, 0.6) is 0 Å². The molecule has 0 spiro atoms. The molecule has 17 heavy (non-hydrogen) atoms. The molecule has 1 aromatic rings. The average Bonchev–Trinajstić information content (AvgIpc) is 2.26. The molecule has 0 saturated carbocycles. The number of carbonyl (C=O) groups is 1. The molecular weight excluding hydrogens is 312 g/mol. The number of aliphatic carboxylic acids is 1. The van der Waals surface area contributed by atoms with Crippen LogP contribution in [-0.2, 0) is 4.79 Å². The summed E-state index contributed by atoms with van der Waals surface area (Å²) < 4.78 is 0.483. The number of nitro groups is 1. The van der Waals surface area contributed by atoms with Crippen LogP contribution in [0.2, 0.25) is 0 Å². The summed E-state index contributed by atoms with van der Waals surface area (Å²) in [7, 11) is 0. The van der Waals surface area contributed by atoms with Crippen LogP contribution in [0.4, 0.5) is 5.69 Å². The molecule has 1 heterocycles. The number of carboxylic acid groups (broad SMARTS) is 1. The summed E-state index contributed by atoms with van der Waals surface area (Å²) in [5.74, 6) is -1.00. The number of hydrogen-bond acceptors (Lipinski definition) is 5. The maximum atomic E-state index is 10.9. The Morgan fingerprint density at radius 1 is 1.76 bits per heavy atom. The maximum absolute atomic E-state index is 10.9. The topological polar surface area (TPSA) is 93.3 Å². The molecule has 0 bridgehead atoms. The highest BCUT2D eigenvalue weighted by atomic mass is 79.9. The molecule has 1 aromatic heterocycles. The number of pyridine rings is 1. The number of halogens is 1. The first-order valence-corrected chi connectivity index (χ1v) is 6.32. The van der Waals surface area contributed by atoms with E-state index < -0.39 is 16.1 Å². The van der Waals surface area contributed by atoms with E-state index in [-0.39, 0.29) is 10.7 Å². The monoisotopic (exact) mass is 320 g/mol. The predicted octanol–water partition coefficient (Wildman–Crippen LogP) is 2.71. The van der Waals surface area contributed by atoms with Crippen molar-refractivity contribution in [1.29, 1.82) is 0 Å². The number of nitrogens with zero attached hydrogens (tertiary/aromatic N) is 2. The number of hydrogen-bond donors (Lipinski definition) is 1. The van der Waals surface area contributed by atoms with E-state index >= 15 is 0 Å². The van der Waals surface area contributed by atoms with Crippen molar-refractivity contribution in [2.75, 3.05) is 0 Å². The third-order valence-electron chi connectivity index (χ3n) is 1.90. The van der Waals surface area contributed by atoms with Crippen LogP contribution in [0.1, 0.15) is 13.3 Å². The van der Waals surface area contributed by atoms with Crippen molar-refractivity contribution in [3.05, 3.63) is 26.9 Å². The van der Waals surface area contributed by atoms with Gasteiger partial charge in [0.15, 0.2) is 5.03 Å². The van der Waals surface area contributed by atoms with E-state index in [1.54, 1.807) is 6.92 Å². The predicted molar refractivity (Wildman–Crippen MR) is 66.2 cm³/mol. The minimum atomic E-state index is -1.00. The van der Waals surface area contributed by atoms with Gasteiger partial charge in [0.05, 0.1) is 4.92 Å². The molecule has 92 valence electrons. The standard InChI is InChI=1S/C9H9BrN2O4S/c1-2-7(9(13)14)17-8-6(12(15)16)3-5(10)4-11-8/h3-4,7H,2H2,1H3,(H,13,14). The highest BCUT2D eigenvalue weighted by Gasteiger charge is 2.23. The van der Waals surface area contributed by atoms with E-state index in [0.29, 0.717) is 10.9 Å². The Kier molecular flexibility index (Phi) is 4.88. The minimum absolute atomic E-state index is 0.118. The van der Waals surface area contributed by atoms with Crippen LogP contribution in [0.3, 0.4) is 0 Å². The van der Waals surface area contributed by atoms with Crippen LogP contribution in [0.25, 0.3) is 0 Å². The molecule has 0 aliphatic rings. The zero-order chi connectivity index (χ0) is 13.0. The molecule has 0 aromatic carbocycles. The van der Waals surface area contributed by atoms with E-state index in [1.807, 2.05) is 0 Å². The Hall–Kier alpha value is -1.15. The lowest BCUT2D eigenvalue weighted by Gasteiger charge is -2.08. The van der Waals surface area contributed by atoms with Crippen molar-refractivity contribution in [2.45, 2.75) is 23.6 Å². The summed E-state index contributed by atoms with van der Waals surface area (Å²) in [6.07, 6.45) is 1.78. The maximum Gasteiger partial charge on any atom is 0.317 e. The molecule has 0 saturated heterocycles. The number of thioether (sulfide) groups is 1. The molecule has 1 unspecified atom stereocenters. The van der Waals surface area contributed by atoms with Crippen molar-refractivity contribution in [2.24, 2.45) is 0 Å². The van der Waals surface area contributed by atoms with E-state index in [4.69, 9.17) is 5.11 Å². The molecule has 6 nitrogen and oxygen atoms in total. The Morgan fingerprint density at radius 2 is 2.41 bits per heavy atom. The average molecular weight is 321 g/mol. The quantitative estimate of drug-likeness (QED) is 0.509. The molecule has 0 fully saturated rings. The first-order chi connectivity index (χ1) is 7.95. The van der Waals surface area contributed by atoms with Crippen LogP contribution in [0.15, 0.2) is 21.8 Å². The van der Waals surface area contributed by atoms with Gasteiger partial charge in [0, 0.05) is 16.7 Å². The first-order valence-electron chi connectivity index (χ1n) is 4.65. The number of rotatable bonds is 5. The first kappa shape index (κ1) is 13.9. The SMILES string of the molecule is CCC(Sc1ncc(Br)cc1[N+](=O)[O-])C(=O)O. The van der Waals surface area contributed by atoms with E-state index in [0.717, 1.165) is 11.8 Å². The lowest BCUT2D eigenvalue weighted by atomic mass is 10.3. The number of aromatic nitrogens is 1. The summed E-state index contributed by atoms with van der Waals surface area (Å²) in [6.45, 7) is 1.70. The fourth-order valence-electron chi connectivity index (χ4n) is 1.08. The molecule has 0 radical (unpaired) electrons. The zero-order valence-corrected chi connectivity index (χ0v) is 11.2.